The second-order valence-electron chi connectivity index (χ2n) is 9.21. The summed E-state index contributed by atoms with van der Waals surface area (Å²) in [6, 6.07) is 2.56. The van der Waals surface area contributed by atoms with Gasteiger partial charge in [0.05, 0.1) is 22.5 Å². The zero-order chi connectivity index (χ0) is 21.5. The normalized spacial score (nSPS) is 26.0. The fraction of sp³-hybridized carbons (Fsp3) is 0.636. The molecule has 2 fully saturated rings. The standard InChI is InChI=1S/C22H31N7O2/c1-14(15-8-21(30)23-10-15)31-22-18-13-28(3)26-20(18)9-19(25-22)16-11-24-29(12-16)17-4-6-27(2)7-5-17/h9,11,13-17H,4-8,10,12H2,1-3H3,(H,23,30)/t14?,15-,16?/m1/s1. The van der Waals surface area contributed by atoms with E-state index in [1.54, 1.807) is 4.68 Å². The first-order valence-corrected chi connectivity index (χ1v) is 11.2. The lowest BCUT2D eigenvalue weighted by molar-refractivity contribution is -0.119. The smallest absolute Gasteiger partial charge is 0.225 e. The van der Waals surface area contributed by atoms with Crippen molar-refractivity contribution in [2.24, 2.45) is 18.1 Å². The van der Waals surface area contributed by atoms with Crippen LogP contribution in [-0.2, 0) is 11.8 Å². The third kappa shape index (κ3) is 4.11. The van der Waals surface area contributed by atoms with Crippen LogP contribution >= 0.6 is 0 Å². The summed E-state index contributed by atoms with van der Waals surface area (Å²) in [5.74, 6) is 0.958. The van der Waals surface area contributed by atoms with Gasteiger partial charge in [-0.1, -0.05) is 0 Å². The van der Waals surface area contributed by atoms with Gasteiger partial charge in [-0.25, -0.2) is 4.98 Å². The van der Waals surface area contributed by atoms with Gasteiger partial charge in [-0.2, -0.15) is 10.2 Å². The van der Waals surface area contributed by atoms with Crippen molar-refractivity contribution in [3.05, 3.63) is 18.0 Å². The number of nitrogens with one attached hydrogen (secondary N) is 1. The largest absolute Gasteiger partial charge is 0.474 e. The minimum absolute atomic E-state index is 0.0878. The Morgan fingerprint density at radius 1 is 1.26 bits per heavy atom. The molecule has 2 aromatic heterocycles. The molecule has 0 aliphatic carbocycles. The SMILES string of the molecule is CC(Oc1nc(C2C=NN(C3CCN(C)CC3)C2)cc2nn(C)cc12)[C@H]1CNC(=O)C1. The molecule has 0 bridgehead atoms. The summed E-state index contributed by atoms with van der Waals surface area (Å²) in [4.78, 5) is 18.9. The van der Waals surface area contributed by atoms with Crippen molar-refractivity contribution in [3.8, 4) is 5.88 Å². The average Bonchev–Trinajstić information content (AvgIpc) is 3.47. The summed E-state index contributed by atoms with van der Waals surface area (Å²) in [6.45, 7) is 5.74. The van der Waals surface area contributed by atoms with E-state index in [-0.39, 0.29) is 23.8 Å². The Kier molecular flexibility index (Phi) is 5.29. The lowest BCUT2D eigenvalue weighted by Gasteiger charge is -2.34. The van der Waals surface area contributed by atoms with Gasteiger partial charge in [-0.05, 0) is 46.0 Å². The topological polar surface area (TPSA) is 87.9 Å². The summed E-state index contributed by atoms with van der Waals surface area (Å²) in [6.07, 6.45) is 6.64. The molecule has 2 saturated heterocycles. The Bertz CT molecular complexity index is 995. The van der Waals surface area contributed by atoms with Crippen LogP contribution in [0.3, 0.4) is 0 Å². The van der Waals surface area contributed by atoms with Gasteiger partial charge in [-0.15, -0.1) is 0 Å². The molecule has 1 amide bonds. The predicted octanol–water partition coefficient (Wildman–Crippen LogP) is 1.35. The maximum absolute atomic E-state index is 11.6. The summed E-state index contributed by atoms with van der Waals surface area (Å²) in [7, 11) is 4.09. The molecule has 1 N–H and O–H groups in total. The third-order valence-electron chi connectivity index (χ3n) is 6.84. The molecule has 31 heavy (non-hydrogen) atoms. The number of rotatable bonds is 5. The molecule has 2 aromatic rings. The van der Waals surface area contributed by atoms with Crippen molar-refractivity contribution in [2.75, 3.05) is 33.2 Å². The second kappa shape index (κ2) is 8.11. The number of piperidine rings is 1. The van der Waals surface area contributed by atoms with Gasteiger partial charge in [0.15, 0.2) is 0 Å². The number of carbonyl (C=O) groups excluding carboxylic acids is 1. The number of carbonyl (C=O) groups is 1. The van der Waals surface area contributed by atoms with Crippen LogP contribution in [0.2, 0.25) is 0 Å². The quantitative estimate of drug-likeness (QED) is 0.778. The summed E-state index contributed by atoms with van der Waals surface area (Å²) >= 11 is 0. The molecule has 0 spiro atoms. The van der Waals surface area contributed by atoms with Crippen molar-refractivity contribution in [3.63, 3.8) is 0 Å². The Morgan fingerprint density at radius 2 is 2.06 bits per heavy atom. The average molecular weight is 426 g/mol. The molecule has 9 nitrogen and oxygen atoms in total. The van der Waals surface area contributed by atoms with E-state index < -0.39 is 0 Å². The zero-order valence-corrected chi connectivity index (χ0v) is 18.5. The number of nitrogens with zero attached hydrogens (tertiary/aromatic N) is 6. The molecule has 166 valence electrons. The van der Waals surface area contributed by atoms with E-state index in [0.29, 0.717) is 24.9 Å². The highest BCUT2D eigenvalue weighted by atomic mass is 16.5. The number of hydrogen-bond donors (Lipinski definition) is 1. The van der Waals surface area contributed by atoms with E-state index in [0.717, 1.165) is 49.1 Å². The van der Waals surface area contributed by atoms with E-state index in [4.69, 9.17) is 14.8 Å². The molecular weight excluding hydrogens is 394 g/mol. The van der Waals surface area contributed by atoms with Crippen LogP contribution in [0.5, 0.6) is 5.88 Å². The number of aryl methyl sites for hydroxylation is 1. The highest BCUT2D eigenvalue weighted by Crippen LogP contribution is 2.31. The Balaban J connectivity index is 1.36. The minimum Gasteiger partial charge on any atom is -0.474 e. The molecule has 3 aliphatic heterocycles. The van der Waals surface area contributed by atoms with Gasteiger partial charge in [0.2, 0.25) is 11.8 Å². The van der Waals surface area contributed by atoms with Gasteiger partial charge < -0.3 is 15.0 Å². The van der Waals surface area contributed by atoms with E-state index in [1.807, 2.05) is 26.4 Å². The number of aromatic nitrogens is 3. The highest BCUT2D eigenvalue weighted by Gasteiger charge is 2.31. The van der Waals surface area contributed by atoms with Crippen LogP contribution in [0.15, 0.2) is 17.4 Å². The summed E-state index contributed by atoms with van der Waals surface area (Å²) < 4.78 is 8.10. The zero-order valence-electron chi connectivity index (χ0n) is 18.5. The van der Waals surface area contributed by atoms with Crippen LogP contribution < -0.4 is 10.1 Å². The lowest BCUT2D eigenvalue weighted by atomic mass is 10.0. The van der Waals surface area contributed by atoms with Crippen LogP contribution in [0.1, 0.15) is 37.8 Å². The number of fused-ring (bicyclic) bond motifs is 1. The van der Waals surface area contributed by atoms with E-state index >= 15 is 0 Å². The van der Waals surface area contributed by atoms with Crippen LogP contribution in [-0.4, -0.2) is 82.2 Å². The molecular formula is C22H31N7O2. The monoisotopic (exact) mass is 425 g/mol. The number of likely N-dealkylation sites (tertiary alicyclic amines) is 1. The summed E-state index contributed by atoms with van der Waals surface area (Å²) in [5.41, 5.74) is 1.81. The van der Waals surface area contributed by atoms with Crippen molar-refractivity contribution < 1.29 is 9.53 Å². The van der Waals surface area contributed by atoms with Gasteiger partial charge in [0.1, 0.15) is 6.10 Å². The van der Waals surface area contributed by atoms with Crippen molar-refractivity contribution in [2.45, 2.75) is 44.2 Å². The molecule has 0 radical (unpaired) electrons. The first-order chi connectivity index (χ1) is 15.0. The lowest BCUT2D eigenvalue weighted by Crippen LogP contribution is -2.41. The van der Waals surface area contributed by atoms with Crippen LogP contribution in [0, 0.1) is 5.92 Å². The fourth-order valence-electron chi connectivity index (χ4n) is 4.81. The third-order valence-corrected chi connectivity index (χ3v) is 6.84. The van der Waals surface area contributed by atoms with Crippen molar-refractivity contribution >= 4 is 23.0 Å². The first kappa shape index (κ1) is 20.2. The minimum atomic E-state index is -0.113. The Morgan fingerprint density at radius 3 is 2.81 bits per heavy atom. The summed E-state index contributed by atoms with van der Waals surface area (Å²) in [5, 5.41) is 15.4. The Hall–Kier alpha value is -2.68. The number of amides is 1. The maximum Gasteiger partial charge on any atom is 0.225 e. The molecule has 9 heteroatoms. The molecule has 3 aliphatic rings. The molecule has 0 saturated carbocycles. The van der Waals surface area contributed by atoms with Gasteiger partial charge in [-0.3, -0.25) is 14.5 Å². The number of hydrazone groups is 1. The number of pyridine rings is 1. The molecule has 3 atom stereocenters. The van der Waals surface area contributed by atoms with Crippen molar-refractivity contribution in [1.82, 2.24) is 30.0 Å². The number of ether oxygens (including phenoxy) is 1. The van der Waals surface area contributed by atoms with Gasteiger partial charge >= 0.3 is 0 Å². The molecule has 0 aromatic carbocycles. The van der Waals surface area contributed by atoms with E-state index in [9.17, 15) is 4.79 Å². The van der Waals surface area contributed by atoms with Crippen molar-refractivity contribution in [1.29, 1.82) is 0 Å². The van der Waals surface area contributed by atoms with Gasteiger partial charge in [0.25, 0.3) is 0 Å². The second-order valence-corrected chi connectivity index (χ2v) is 9.21. The van der Waals surface area contributed by atoms with Gasteiger partial charge in [0, 0.05) is 50.9 Å². The predicted molar refractivity (Wildman–Crippen MR) is 118 cm³/mol. The molecule has 2 unspecified atom stereocenters. The highest BCUT2D eigenvalue weighted by molar-refractivity contribution is 5.84. The van der Waals surface area contributed by atoms with Crippen LogP contribution in [0.4, 0.5) is 0 Å². The molecule has 5 rings (SSSR count). The molecule has 5 heterocycles. The first-order valence-electron chi connectivity index (χ1n) is 11.2. The number of hydrogen-bond acceptors (Lipinski definition) is 7. The Labute approximate surface area is 182 Å². The fourth-order valence-corrected chi connectivity index (χ4v) is 4.81. The van der Waals surface area contributed by atoms with E-state index in [1.165, 1.54) is 0 Å². The van der Waals surface area contributed by atoms with Crippen LogP contribution in [0.25, 0.3) is 10.9 Å². The maximum atomic E-state index is 11.6. The van der Waals surface area contributed by atoms with E-state index in [2.05, 4.69) is 33.4 Å².